The number of nitriles is 1. The lowest BCUT2D eigenvalue weighted by molar-refractivity contribution is 0.560. The molecule has 0 saturated carbocycles. The first-order valence-corrected chi connectivity index (χ1v) is 5.04. The number of carbonyl (C=O) groups excluding carboxylic acids is 1. The van der Waals surface area contributed by atoms with E-state index in [9.17, 15) is 9.59 Å². The highest BCUT2D eigenvalue weighted by atomic mass is 32.2. The molecule has 6 heteroatoms. The van der Waals surface area contributed by atoms with Crippen molar-refractivity contribution in [2.75, 3.05) is 5.75 Å². The van der Waals surface area contributed by atoms with Crippen LogP contribution in [0.25, 0.3) is 0 Å². The maximum Gasteiger partial charge on any atom is 0.279 e. The van der Waals surface area contributed by atoms with Gasteiger partial charge in [0.15, 0.2) is 0 Å². The number of aromatic nitrogens is 1. The molecule has 0 aliphatic rings. The molecule has 1 aromatic heterocycles. The van der Waals surface area contributed by atoms with Crippen molar-refractivity contribution in [2.24, 2.45) is 7.05 Å². The normalized spacial score (nSPS) is 9.54. The van der Waals surface area contributed by atoms with Crippen LogP contribution in [0.3, 0.4) is 0 Å². The van der Waals surface area contributed by atoms with Crippen LogP contribution in [-0.4, -0.2) is 16.0 Å². The summed E-state index contributed by atoms with van der Waals surface area (Å²) in [4.78, 5) is 21.2. The highest BCUT2D eigenvalue weighted by molar-refractivity contribution is 8.01. The molecule has 0 unspecified atom stereocenters. The van der Waals surface area contributed by atoms with Gasteiger partial charge in [0.05, 0.1) is 5.75 Å². The first-order valence-electron chi connectivity index (χ1n) is 3.29. The average molecular weight is 213 g/mol. The third kappa shape index (κ3) is 1.99. The van der Waals surface area contributed by atoms with Crippen LogP contribution in [-0.2, 0) is 11.8 Å². The first-order chi connectivity index (χ1) is 6.20. The molecule has 0 spiro atoms. The van der Waals surface area contributed by atoms with Crippen LogP contribution in [0.4, 0.5) is 0 Å². The Hall–Kier alpha value is -1.06. The van der Waals surface area contributed by atoms with E-state index in [2.05, 4.69) is 0 Å². The number of hydrogen-bond donors (Lipinski definition) is 0. The summed E-state index contributed by atoms with van der Waals surface area (Å²) in [6.45, 7) is 0. The predicted molar refractivity (Wildman–Crippen MR) is 50.7 cm³/mol. The van der Waals surface area contributed by atoms with E-state index in [4.69, 9.17) is 5.26 Å². The summed E-state index contributed by atoms with van der Waals surface area (Å²) in [5, 5.41) is 8.64. The molecule has 0 bridgehead atoms. The monoisotopic (exact) mass is 213 g/mol. The van der Waals surface area contributed by atoms with Gasteiger partial charge in [0.25, 0.3) is 5.56 Å². The zero-order chi connectivity index (χ0) is 9.84. The van der Waals surface area contributed by atoms with Crippen LogP contribution in [0.15, 0.2) is 9.00 Å². The quantitative estimate of drug-likeness (QED) is 0.687. The van der Waals surface area contributed by atoms with Crippen molar-refractivity contribution >= 4 is 29.6 Å². The van der Waals surface area contributed by atoms with Crippen molar-refractivity contribution < 1.29 is 4.79 Å². The summed E-state index contributed by atoms with van der Waals surface area (Å²) >= 11 is 2.33. The summed E-state index contributed by atoms with van der Waals surface area (Å²) in [6, 6.07) is 1.82. The minimum absolute atomic E-state index is 0.118. The molecule has 0 amide bonds. The number of aryl methyl sites for hydroxylation is 1. The lowest BCUT2D eigenvalue weighted by atomic mass is 10.4. The second-order valence-electron chi connectivity index (χ2n) is 2.10. The van der Waals surface area contributed by atoms with Gasteiger partial charge in [-0.25, -0.2) is 0 Å². The molecule has 0 saturated heterocycles. The SMILES string of the molecule is Cn1sc(SC[C]=O)c(C#N)c1=O. The van der Waals surface area contributed by atoms with Crippen LogP contribution in [0.2, 0.25) is 0 Å². The standard InChI is InChI=1S/C7H5N2O2S2/c1-9-6(11)5(4-8)7(13-9)12-3-2-10/h3H2,1H3. The molecule has 67 valence electrons. The Balaban J connectivity index is 3.08. The second-order valence-corrected chi connectivity index (χ2v) is 4.48. The van der Waals surface area contributed by atoms with Crippen molar-refractivity contribution in [3.63, 3.8) is 0 Å². The van der Waals surface area contributed by atoms with E-state index >= 15 is 0 Å². The molecule has 0 aromatic carbocycles. The molecule has 0 aliphatic carbocycles. The molecular weight excluding hydrogens is 208 g/mol. The van der Waals surface area contributed by atoms with Crippen LogP contribution in [0.5, 0.6) is 0 Å². The second kappa shape index (κ2) is 4.25. The van der Waals surface area contributed by atoms with Gasteiger partial charge in [-0.05, 0) is 11.5 Å². The number of nitrogens with zero attached hydrogens (tertiary/aromatic N) is 2. The summed E-state index contributed by atoms with van der Waals surface area (Å²) in [5.74, 6) is 0.147. The molecule has 1 rings (SSSR count). The van der Waals surface area contributed by atoms with Crippen molar-refractivity contribution in [1.29, 1.82) is 5.26 Å². The summed E-state index contributed by atoms with van der Waals surface area (Å²) in [5.41, 5.74) is -0.186. The minimum Gasteiger partial charge on any atom is -0.290 e. The van der Waals surface area contributed by atoms with Crippen molar-refractivity contribution in [2.45, 2.75) is 4.21 Å². The van der Waals surface area contributed by atoms with Gasteiger partial charge in [0.1, 0.15) is 15.8 Å². The molecule has 0 aliphatic heterocycles. The van der Waals surface area contributed by atoms with Crippen molar-refractivity contribution in [1.82, 2.24) is 3.96 Å². The Morgan fingerprint density at radius 2 is 2.38 bits per heavy atom. The van der Waals surface area contributed by atoms with E-state index in [1.165, 1.54) is 15.5 Å². The maximum absolute atomic E-state index is 11.2. The van der Waals surface area contributed by atoms with E-state index < -0.39 is 0 Å². The molecule has 1 heterocycles. The Bertz CT molecular complexity index is 413. The lowest BCUT2D eigenvalue weighted by Gasteiger charge is -1.87. The smallest absolute Gasteiger partial charge is 0.279 e. The molecule has 4 nitrogen and oxygen atoms in total. The van der Waals surface area contributed by atoms with Gasteiger partial charge in [-0.1, -0.05) is 0 Å². The van der Waals surface area contributed by atoms with Gasteiger partial charge in [0.2, 0.25) is 6.29 Å². The Morgan fingerprint density at radius 1 is 1.69 bits per heavy atom. The van der Waals surface area contributed by atoms with E-state index in [1.807, 2.05) is 6.07 Å². The lowest BCUT2D eigenvalue weighted by Crippen LogP contribution is -2.10. The van der Waals surface area contributed by atoms with Gasteiger partial charge >= 0.3 is 0 Å². The predicted octanol–water partition coefficient (Wildman–Crippen LogP) is 0.520. The molecule has 0 N–H and O–H groups in total. The summed E-state index contributed by atoms with van der Waals surface area (Å²) in [6.07, 6.45) is 1.70. The Morgan fingerprint density at radius 3 is 2.92 bits per heavy atom. The fourth-order valence-electron chi connectivity index (χ4n) is 0.743. The van der Waals surface area contributed by atoms with Gasteiger partial charge in [0, 0.05) is 7.05 Å². The van der Waals surface area contributed by atoms with Crippen LogP contribution in [0, 0.1) is 11.3 Å². The molecular formula is C7H5N2O2S2. The van der Waals surface area contributed by atoms with Crippen LogP contribution in [0.1, 0.15) is 5.56 Å². The van der Waals surface area contributed by atoms with Gasteiger partial charge in [-0.3, -0.25) is 13.5 Å². The van der Waals surface area contributed by atoms with E-state index in [0.717, 1.165) is 11.8 Å². The van der Waals surface area contributed by atoms with Crippen LogP contribution >= 0.6 is 23.3 Å². The van der Waals surface area contributed by atoms with Gasteiger partial charge < -0.3 is 0 Å². The third-order valence-electron chi connectivity index (χ3n) is 1.30. The maximum atomic E-state index is 11.2. The first kappa shape index (κ1) is 10.0. The van der Waals surface area contributed by atoms with Crippen molar-refractivity contribution in [3.8, 4) is 6.07 Å². The highest BCUT2D eigenvalue weighted by Crippen LogP contribution is 2.23. The zero-order valence-electron chi connectivity index (χ0n) is 6.73. The van der Waals surface area contributed by atoms with Gasteiger partial charge in [-0.2, -0.15) is 5.26 Å². The van der Waals surface area contributed by atoms with E-state index in [-0.39, 0.29) is 16.9 Å². The summed E-state index contributed by atoms with van der Waals surface area (Å²) < 4.78 is 1.95. The van der Waals surface area contributed by atoms with Gasteiger partial charge in [-0.15, -0.1) is 11.8 Å². The summed E-state index contributed by atoms with van der Waals surface area (Å²) in [7, 11) is 1.59. The zero-order valence-corrected chi connectivity index (χ0v) is 8.37. The number of thioether (sulfide) groups is 1. The molecule has 0 fully saturated rings. The number of hydrogen-bond acceptors (Lipinski definition) is 5. The molecule has 1 radical (unpaired) electrons. The van der Waals surface area contributed by atoms with Crippen LogP contribution < -0.4 is 5.56 Å². The third-order valence-corrected chi connectivity index (χ3v) is 3.41. The molecule has 0 atom stereocenters. The minimum atomic E-state index is -0.305. The largest absolute Gasteiger partial charge is 0.290 e. The van der Waals surface area contributed by atoms with Crippen molar-refractivity contribution in [3.05, 3.63) is 15.9 Å². The average Bonchev–Trinajstić information content (AvgIpc) is 2.39. The molecule has 13 heavy (non-hydrogen) atoms. The number of rotatable bonds is 3. The highest BCUT2D eigenvalue weighted by Gasteiger charge is 2.12. The fraction of sp³-hybridized carbons (Fsp3) is 0.286. The molecule has 1 aromatic rings. The van der Waals surface area contributed by atoms with E-state index in [0.29, 0.717) is 4.21 Å². The Labute approximate surface area is 82.9 Å². The van der Waals surface area contributed by atoms with E-state index in [1.54, 1.807) is 13.3 Å². The topological polar surface area (TPSA) is 62.9 Å². The Kier molecular flexibility index (Phi) is 3.28. The fourth-order valence-corrected chi connectivity index (χ4v) is 2.58.